The Labute approximate surface area is 136 Å². The molecule has 6 nitrogen and oxygen atoms in total. The number of amides is 1. The van der Waals surface area contributed by atoms with Gasteiger partial charge in [-0.05, 0) is 39.3 Å². The summed E-state index contributed by atoms with van der Waals surface area (Å²) in [5.41, 5.74) is 1.35. The van der Waals surface area contributed by atoms with Crippen LogP contribution in [0.4, 0.5) is 5.82 Å². The topological polar surface area (TPSA) is 80.0 Å². The standard InChI is InChI=1S/C17H24N4O2/c1-5-6-13-9-14(23-21-13)11-19-16(22)12-7-8-15(18-10-12)20-17(2,3)4/h7-10H,5-6,11H2,1-4H3,(H,18,20)(H,19,22). The van der Waals surface area contributed by atoms with Gasteiger partial charge in [0, 0.05) is 17.8 Å². The Balaban J connectivity index is 1.90. The van der Waals surface area contributed by atoms with Crippen molar-refractivity contribution in [1.82, 2.24) is 15.5 Å². The molecule has 0 fully saturated rings. The summed E-state index contributed by atoms with van der Waals surface area (Å²) >= 11 is 0. The lowest BCUT2D eigenvalue weighted by Crippen LogP contribution is -2.27. The number of pyridine rings is 1. The van der Waals surface area contributed by atoms with Gasteiger partial charge in [-0.25, -0.2) is 4.98 Å². The molecule has 0 radical (unpaired) electrons. The van der Waals surface area contributed by atoms with Gasteiger partial charge in [-0.1, -0.05) is 18.5 Å². The first-order valence-corrected chi connectivity index (χ1v) is 7.84. The Hall–Kier alpha value is -2.37. The summed E-state index contributed by atoms with van der Waals surface area (Å²) in [5.74, 6) is 1.21. The average molecular weight is 316 g/mol. The fraction of sp³-hybridized carbons (Fsp3) is 0.471. The van der Waals surface area contributed by atoms with E-state index < -0.39 is 0 Å². The molecular weight excluding hydrogens is 292 g/mol. The van der Waals surface area contributed by atoms with Crippen molar-refractivity contribution in [2.24, 2.45) is 0 Å². The quantitative estimate of drug-likeness (QED) is 0.855. The molecule has 2 rings (SSSR count). The van der Waals surface area contributed by atoms with Gasteiger partial charge >= 0.3 is 0 Å². The molecule has 124 valence electrons. The molecule has 0 unspecified atom stereocenters. The van der Waals surface area contributed by atoms with E-state index in [2.05, 4.69) is 48.5 Å². The molecule has 0 atom stereocenters. The lowest BCUT2D eigenvalue weighted by atomic mass is 10.1. The molecule has 2 aromatic heterocycles. The molecular formula is C17H24N4O2. The van der Waals surface area contributed by atoms with Crippen LogP contribution in [0.25, 0.3) is 0 Å². The van der Waals surface area contributed by atoms with Gasteiger partial charge in [0.05, 0.1) is 17.8 Å². The van der Waals surface area contributed by atoms with Crippen LogP contribution in [0.2, 0.25) is 0 Å². The van der Waals surface area contributed by atoms with E-state index in [0.717, 1.165) is 24.4 Å². The van der Waals surface area contributed by atoms with E-state index in [1.807, 2.05) is 6.07 Å². The summed E-state index contributed by atoms with van der Waals surface area (Å²) < 4.78 is 5.19. The van der Waals surface area contributed by atoms with Crippen LogP contribution in [0.5, 0.6) is 0 Å². The van der Waals surface area contributed by atoms with Gasteiger partial charge in [0.25, 0.3) is 5.91 Å². The first-order chi connectivity index (χ1) is 10.9. The number of carbonyl (C=O) groups excluding carboxylic acids is 1. The van der Waals surface area contributed by atoms with Gasteiger partial charge in [0.15, 0.2) is 5.76 Å². The van der Waals surface area contributed by atoms with Crippen molar-refractivity contribution in [1.29, 1.82) is 0 Å². The predicted octanol–water partition coefficient (Wildman–Crippen LogP) is 3.16. The van der Waals surface area contributed by atoms with Crippen molar-refractivity contribution in [3.8, 4) is 0 Å². The van der Waals surface area contributed by atoms with Crippen LogP contribution in [-0.2, 0) is 13.0 Å². The van der Waals surface area contributed by atoms with Gasteiger partial charge in [-0.3, -0.25) is 4.79 Å². The third kappa shape index (κ3) is 5.39. The molecule has 0 saturated carbocycles. The summed E-state index contributed by atoms with van der Waals surface area (Å²) in [4.78, 5) is 16.4. The van der Waals surface area contributed by atoms with Gasteiger partial charge in [0.1, 0.15) is 5.82 Å². The number of anilines is 1. The average Bonchev–Trinajstić information content (AvgIpc) is 2.92. The van der Waals surface area contributed by atoms with Crippen LogP contribution < -0.4 is 10.6 Å². The molecule has 2 aromatic rings. The van der Waals surface area contributed by atoms with Crippen molar-refractivity contribution in [2.75, 3.05) is 5.32 Å². The lowest BCUT2D eigenvalue weighted by molar-refractivity contribution is 0.0946. The zero-order valence-electron chi connectivity index (χ0n) is 14.1. The highest BCUT2D eigenvalue weighted by molar-refractivity contribution is 5.93. The van der Waals surface area contributed by atoms with E-state index in [1.54, 1.807) is 18.3 Å². The summed E-state index contributed by atoms with van der Waals surface area (Å²) in [6.45, 7) is 8.57. The predicted molar refractivity (Wildman–Crippen MR) is 89.3 cm³/mol. The Morgan fingerprint density at radius 1 is 1.30 bits per heavy atom. The zero-order chi connectivity index (χ0) is 16.9. The summed E-state index contributed by atoms with van der Waals surface area (Å²) in [6.07, 6.45) is 3.45. The molecule has 6 heteroatoms. The van der Waals surface area contributed by atoms with E-state index in [-0.39, 0.29) is 11.4 Å². The molecule has 23 heavy (non-hydrogen) atoms. The molecule has 1 amide bonds. The number of nitrogens with zero attached hydrogens (tertiary/aromatic N) is 2. The number of aromatic nitrogens is 2. The third-order valence-corrected chi connectivity index (χ3v) is 3.07. The number of aryl methyl sites for hydroxylation is 1. The van der Waals surface area contributed by atoms with Crippen molar-refractivity contribution in [3.63, 3.8) is 0 Å². The first-order valence-electron chi connectivity index (χ1n) is 7.84. The van der Waals surface area contributed by atoms with E-state index in [1.165, 1.54) is 0 Å². The highest BCUT2D eigenvalue weighted by Gasteiger charge is 2.12. The molecule has 0 spiro atoms. The van der Waals surface area contributed by atoms with Gasteiger partial charge in [-0.2, -0.15) is 0 Å². The molecule has 0 aliphatic rings. The number of hydrogen-bond donors (Lipinski definition) is 2. The maximum absolute atomic E-state index is 12.1. The fourth-order valence-electron chi connectivity index (χ4n) is 2.07. The zero-order valence-corrected chi connectivity index (χ0v) is 14.1. The van der Waals surface area contributed by atoms with E-state index >= 15 is 0 Å². The van der Waals surface area contributed by atoms with Gasteiger partial charge in [-0.15, -0.1) is 0 Å². The Morgan fingerprint density at radius 3 is 2.70 bits per heavy atom. The summed E-state index contributed by atoms with van der Waals surface area (Å²) in [5, 5.41) is 10.0. The SMILES string of the molecule is CCCc1cc(CNC(=O)c2ccc(NC(C)(C)C)nc2)on1. The maximum atomic E-state index is 12.1. The fourth-order valence-corrected chi connectivity index (χ4v) is 2.07. The smallest absolute Gasteiger partial charge is 0.253 e. The van der Waals surface area contributed by atoms with Crippen LogP contribution in [0.15, 0.2) is 28.9 Å². The van der Waals surface area contributed by atoms with Crippen molar-refractivity contribution in [3.05, 3.63) is 41.4 Å². The minimum atomic E-state index is -0.187. The second kappa shape index (κ2) is 7.26. The van der Waals surface area contributed by atoms with Crippen LogP contribution in [-0.4, -0.2) is 21.6 Å². The van der Waals surface area contributed by atoms with Crippen molar-refractivity contribution < 1.29 is 9.32 Å². The van der Waals surface area contributed by atoms with Crippen LogP contribution >= 0.6 is 0 Å². The molecule has 0 aromatic carbocycles. The Bertz CT molecular complexity index is 641. The minimum Gasteiger partial charge on any atom is -0.365 e. The first kappa shape index (κ1) is 17.0. The van der Waals surface area contributed by atoms with Crippen molar-refractivity contribution in [2.45, 2.75) is 52.6 Å². The van der Waals surface area contributed by atoms with Crippen LogP contribution in [0.1, 0.15) is 55.9 Å². The van der Waals surface area contributed by atoms with Crippen LogP contribution in [0.3, 0.4) is 0 Å². The number of carbonyl (C=O) groups is 1. The number of hydrogen-bond acceptors (Lipinski definition) is 5. The maximum Gasteiger partial charge on any atom is 0.253 e. The second-order valence-electron chi connectivity index (χ2n) is 6.52. The molecule has 0 aliphatic carbocycles. The third-order valence-electron chi connectivity index (χ3n) is 3.07. The Kier molecular flexibility index (Phi) is 5.36. The minimum absolute atomic E-state index is 0.0702. The summed E-state index contributed by atoms with van der Waals surface area (Å²) in [7, 11) is 0. The normalized spacial score (nSPS) is 11.3. The van der Waals surface area contributed by atoms with E-state index in [4.69, 9.17) is 4.52 Å². The monoisotopic (exact) mass is 316 g/mol. The van der Waals surface area contributed by atoms with E-state index in [9.17, 15) is 4.79 Å². The number of rotatable bonds is 6. The summed E-state index contributed by atoms with van der Waals surface area (Å²) in [6, 6.07) is 5.42. The van der Waals surface area contributed by atoms with E-state index in [0.29, 0.717) is 17.9 Å². The molecule has 0 bridgehead atoms. The Morgan fingerprint density at radius 2 is 2.09 bits per heavy atom. The second-order valence-corrected chi connectivity index (χ2v) is 6.52. The highest BCUT2D eigenvalue weighted by Crippen LogP contribution is 2.12. The molecule has 2 N–H and O–H groups in total. The van der Waals surface area contributed by atoms with Crippen molar-refractivity contribution >= 4 is 11.7 Å². The highest BCUT2D eigenvalue weighted by atomic mass is 16.5. The molecule has 2 heterocycles. The molecule has 0 saturated heterocycles. The molecule has 0 aliphatic heterocycles. The number of nitrogens with one attached hydrogen (secondary N) is 2. The van der Waals surface area contributed by atoms with Gasteiger partial charge < -0.3 is 15.2 Å². The van der Waals surface area contributed by atoms with Gasteiger partial charge in [0.2, 0.25) is 0 Å². The largest absolute Gasteiger partial charge is 0.365 e. The van der Waals surface area contributed by atoms with Crippen LogP contribution in [0, 0.1) is 0 Å². The lowest BCUT2D eigenvalue weighted by Gasteiger charge is -2.21.